The molecule has 2 aliphatic carbocycles. The molecule has 0 bridgehead atoms. The number of aromatic amines is 1. The van der Waals surface area contributed by atoms with E-state index < -0.39 is 0 Å². The maximum Gasteiger partial charge on any atom is 0.225 e. The molecule has 0 amide bonds. The molecule has 2 N–H and O–H groups in total. The SMILES string of the molecule is CN1CCc2c[nH]c3c2C1C=C(NC1CCCCC1)C3=O. The number of nitrogens with zero attached hydrogens (tertiary/aromatic N) is 1. The van der Waals surface area contributed by atoms with Gasteiger partial charge in [-0.1, -0.05) is 19.3 Å². The first-order chi connectivity index (χ1) is 10.2. The third kappa shape index (κ3) is 2.13. The van der Waals surface area contributed by atoms with E-state index in [0.29, 0.717) is 6.04 Å². The molecule has 0 spiro atoms. The maximum absolute atomic E-state index is 12.7. The van der Waals surface area contributed by atoms with Crippen molar-refractivity contribution < 1.29 is 4.79 Å². The van der Waals surface area contributed by atoms with E-state index in [1.807, 2.05) is 6.20 Å². The summed E-state index contributed by atoms with van der Waals surface area (Å²) in [6.45, 7) is 1.05. The lowest BCUT2D eigenvalue weighted by atomic mass is 9.87. The number of hydrogen-bond donors (Lipinski definition) is 2. The second-order valence-corrected chi connectivity index (χ2v) is 6.67. The van der Waals surface area contributed by atoms with Crippen molar-refractivity contribution in [1.82, 2.24) is 15.2 Å². The number of carbonyl (C=O) groups is 1. The van der Waals surface area contributed by atoms with Crippen molar-refractivity contribution in [2.24, 2.45) is 0 Å². The van der Waals surface area contributed by atoms with E-state index >= 15 is 0 Å². The lowest BCUT2D eigenvalue weighted by Gasteiger charge is -2.35. The molecule has 4 rings (SSSR count). The number of Topliss-reactive ketones (excluding diaryl/α,β-unsaturated/α-hetero) is 1. The van der Waals surface area contributed by atoms with E-state index in [-0.39, 0.29) is 11.8 Å². The number of likely N-dealkylation sites (N-methyl/N-ethyl adjacent to an activating group) is 1. The fraction of sp³-hybridized carbons (Fsp3) is 0.588. The summed E-state index contributed by atoms with van der Waals surface area (Å²) < 4.78 is 0. The van der Waals surface area contributed by atoms with Crippen molar-refractivity contribution in [2.75, 3.05) is 13.6 Å². The minimum absolute atomic E-state index is 0.147. The number of rotatable bonds is 2. The molecule has 4 nitrogen and oxygen atoms in total. The van der Waals surface area contributed by atoms with Crippen LogP contribution in [0.5, 0.6) is 0 Å². The van der Waals surface area contributed by atoms with Gasteiger partial charge in [0.15, 0.2) is 0 Å². The lowest BCUT2D eigenvalue weighted by molar-refractivity contribution is 0.100. The summed E-state index contributed by atoms with van der Waals surface area (Å²) >= 11 is 0. The second-order valence-electron chi connectivity index (χ2n) is 6.67. The molecule has 0 aromatic carbocycles. The van der Waals surface area contributed by atoms with Gasteiger partial charge < -0.3 is 10.3 Å². The first-order valence-electron chi connectivity index (χ1n) is 8.17. The Morgan fingerprint density at radius 2 is 2.10 bits per heavy atom. The topological polar surface area (TPSA) is 48.1 Å². The van der Waals surface area contributed by atoms with Crippen molar-refractivity contribution in [1.29, 1.82) is 0 Å². The average molecular weight is 285 g/mol. The molecule has 1 unspecified atom stereocenters. The third-order valence-corrected chi connectivity index (χ3v) is 5.27. The zero-order valence-corrected chi connectivity index (χ0v) is 12.6. The molecule has 1 aromatic heterocycles. The number of hydrogen-bond acceptors (Lipinski definition) is 3. The van der Waals surface area contributed by atoms with E-state index in [1.54, 1.807) is 0 Å². The molecule has 0 radical (unpaired) electrons. The van der Waals surface area contributed by atoms with Gasteiger partial charge in [0.05, 0.1) is 17.4 Å². The number of H-pyrrole nitrogens is 1. The first-order valence-corrected chi connectivity index (χ1v) is 8.17. The van der Waals surface area contributed by atoms with E-state index in [9.17, 15) is 4.79 Å². The van der Waals surface area contributed by atoms with Crippen molar-refractivity contribution in [3.05, 3.63) is 34.8 Å². The minimum Gasteiger partial charge on any atom is -0.379 e. The molecule has 0 saturated heterocycles. The monoisotopic (exact) mass is 285 g/mol. The van der Waals surface area contributed by atoms with E-state index in [0.717, 1.165) is 24.4 Å². The Labute approximate surface area is 125 Å². The molecule has 3 aliphatic rings. The number of aromatic nitrogens is 1. The molecule has 1 aliphatic heterocycles. The fourth-order valence-corrected chi connectivity index (χ4v) is 4.02. The zero-order valence-electron chi connectivity index (χ0n) is 12.6. The van der Waals surface area contributed by atoms with Crippen LogP contribution in [0.25, 0.3) is 0 Å². The second kappa shape index (κ2) is 5.02. The highest BCUT2D eigenvalue weighted by atomic mass is 16.1. The van der Waals surface area contributed by atoms with Gasteiger partial charge in [0.2, 0.25) is 5.78 Å². The Balaban J connectivity index is 1.65. The minimum atomic E-state index is 0.147. The van der Waals surface area contributed by atoms with Crippen LogP contribution in [0.2, 0.25) is 0 Å². The third-order valence-electron chi connectivity index (χ3n) is 5.27. The van der Waals surface area contributed by atoms with Gasteiger partial charge in [-0.2, -0.15) is 0 Å². The summed E-state index contributed by atoms with van der Waals surface area (Å²) in [7, 11) is 2.15. The Morgan fingerprint density at radius 1 is 1.29 bits per heavy atom. The zero-order chi connectivity index (χ0) is 14.4. The predicted molar refractivity (Wildman–Crippen MR) is 82.3 cm³/mol. The summed E-state index contributed by atoms with van der Waals surface area (Å²) in [4.78, 5) is 18.3. The Kier molecular flexibility index (Phi) is 3.14. The van der Waals surface area contributed by atoms with E-state index in [4.69, 9.17) is 0 Å². The van der Waals surface area contributed by atoms with Gasteiger partial charge in [0, 0.05) is 24.3 Å². The van der Waals surface area contributed by atoms with Crippen LogP contribution in [-0.2, 0) is 6.42 Å². The molecule has 21 heavy (non-hydrogen) atoms. The predicted octanol–water partition coefficient (Wildman–Crippen LogP) is 2.55. The highest BCUT2D eigenvalue weighted by Crippen LogP contribution is 2.37. The highest BCUT2D eigenvalue weighted by molar-refractivity contribution is 6.09. The Hall–Kier alpha value is -1.55. The van der Waals surface area contributed by atoms with Crippen LogP contribution in [0.15, 0.2) is 18.0 Å². The van der Waals surface area contributed by atoms with Crippen LogP contribution in [0.3, 0.4) is 0 Å². The van der Waals surface area contributed by atoms with Crippen LogP contribution in [0.1, 0.15) is 59.8 Å². The van der Waals surface area contributed by atoms with Gasteiger partial charge in [-0.15, -0.1) is 0 Å². The summed E-state index contributed by atoms with van der Waals surface area (Å²) in [6, 6.07) is 0.720. The van der Waals surface area contributed by atoms with Crippen LogP contribution in [0.4, 0.5) is 0 Å². The average Bonchev–Trinajstić information content (AvgIpc) is 2.93. The first kappa shape index (κ1) is 13.1. The molecule has 2 heterocycles. The molecule has 1 atom stereocenters. The number of nitrogens with one attached hydrogen (secondary N) is 2. The highest BCUT2D eigenvalue weighted by Gasteiger charge is 2.35. The van der Waals surface area contributed by atoms with Gasteiger partial charge >= 0.3 is 0 Å². The van der Waals surface area contributed by atoms with Crippen molar-refractivity contribution >= 4 is 5.78 Å². The Morgan fingerprint density at radius 3 is 2.90 bits per heavy atom. The van der Waals surface area contributed by atoms with Gasteiger partial charge in [-0.05, 0) is 37.9 Å². The standard InChI is InChI=1S/C17H23N3O/c1-20-8-7-11-10-18-16-15(11)14(20)9-13(17(16)21)19-12-5-3-2-4-6-12/h9-10,12,14,18-19H,2-8H2,1H3. The number of ketones is 1. The van der Waals surface area contributed by atoms with Crippen LogP contribution in [-0.4, -0.2) is 35.3 Å². The van der Waals surface area contributed by atoms with Gasteiger partial charge in [-0.3, -0.25) is 9.69 Å². The van der Waals surface area contributed by atoms with Crippen LogP contribution in [0, 0.1) is 0 Å². The normalized spacial score (nSPS) is 26.4. The molecule has 1 saturated carbocycles. The smallest absolute Gasteiger partial charge is 0.225 e. The summed E-state index contributed by atoms with van der Waals surface area (Å²) in [6.07, 6.45) is 11.5. The summed E-state index contributed by atoms with van der Waals surface area (Å²) in [5, 5.41) is 3.53. The molecule has 112 valence electrons. The van der Waals surface area contributed by atoms with Crippen molar-refractivity contribution in [3.63, 3.8) is 0 Å². The van der Waals surface area contributed by atoms with E-state index in [2.05, 4.69) is 28.3 Å². The number of carbonyl (C=O) groups excluding carboxylic acids is 1. The lowest BCUT2D eigenvalue weighted by Crippen LogP contribution is -2.39. The molecule has 4 heteroatoms. The van der Waals surface area contributed by atoms with Crippen molar-refractivity contribution in [3.8, 4) is 0 Å². The molecule has 1 fully saturated rings. The fourth-order valence-electron chi connectivity index (χ4n) is 4.02. The van der Waals surface area contributed by atoms with E-state index in [1.165, 1.54) is 43.2 Å². The van der Waals surface area contributed by atoms with Crippen molar-refractivity contribution in [2.45, 2.75) is 50.6 Å². The summed E-state index contributed by atoms with van der Waals surface area (Å²) in [5.41, 5.74) is 4.14. The largest absolute Gasteiger partial charge is 0.379 e. The van der Waals surface area contributed by atoms with Crippen LogP contribution >= 0.6 is 0 Å². The molecule has 1 aromatic rings. The van der Waals surface area contributed by atoms with Gasteiger partial charge in [0.25, 0.3) is 0 Å². The summed E-state index contributed by atoms with van der Waals surface area (Å²) in [5.74, 6) is 0.147. The Bertz CT molecular complexity index is 595. The van der Waals surface area contributed by atoms with Gasteiger partial charge in [-0.25, -0.2) is 0 Å². The number of allylic oxidation sites excluding steroid dienone is 1. The molecular formula is C17H23N3O. The molecular weight excluding hydrogens is 262 g/mol. The quantitative estimate of drug-likeness (QED) is 0.878. The van der Waals surface area contributed by atoms with Crippen LogP contribution < -0.4 is 5.32 Å². The van der Waals surface area contributed by atoms with Gasteiger partial charge in [0.1, 0.15) is 0 Å². The maximum atomic E-state index is 12.7.